The van der Waals surface area contributed by atoms with Crippen LogP contribution in [0.2, 0.25) is 5.02 Å². The van der Waals surface area contributed by atoms with Crippen LogP contribution in [0.4, 0.5) is 0 Å². The monoisotopic (exact) mass is 408 g/mol. The molecule has 2 N–H and O–H groups in total. The van der Waals surface area contributed by atoms with Gasteiger partial charge in [0.15, 0.2) is 0 Å². The summed E-state index contributed by atoms with van der Waals surface area (Å²) in [6.45, 7) is 1.82. The number of nitrogens with one attached hydrogen (secondary N) is 1. The number of aryl methyl sites for hydroxylation is 1. The predicted octanol–water partition coefficient (Wildman–Crippen LogP) is 5.48. The minimum atomic E-state index is -0.430. The van der Waals surface area contributed by atoms with Crippen LogP contribution in [0.5, 0.6) is 17.5 Å². The van der Waals surface area contributed by atoms with Crippen LogP contribution in [0.1, 0.15) is 15.9 Å². The van der Waals surface area contributed by atoms with Crippen molar-refractivity contribution in [2.75, 3.05) is 7.11 Å². The predicted molar refractivity (Wildman–Crippen MR) is 111 cm³/mol. The van der Waals surface area contributed by atoms with E-state index in [0.29, 0.717) is 27.4 Å². The smallest absolute Gasteiger partial charge is 0.338 e. The third-order valence-electron chi connectivity index (χ3n) is 4.53. The third kappa shape index (κ3) is 3.75. The Hall–Kier alpha value is -3.51. The number of hydrogen-bond donors (Lipinski definition) is 2. The van der Waals surface area contributed by atoms with E-state index in [9.17, 15) is 9.90 Å². The van der Waals surface area contributed by atoms with E-state index in [1.54, 1.807) is 42.5 Å². The number of fused-ring (bicyclic) bond motifs is 1. The van der Waals surface area contributed by atoms with E-state index >= 15 is 0 Å². The summed E-state index contributed by atoms with van der Waals surface area (Å²) in [4.78, 5) is 19.4. The molecule has 0 aliphatic heterocycles. The summed E-state index contributed by atoms with van der Waals surface area (Å²) < 4.78 is 10.6. The molecule has 4 aromatic rings. The van der Waals surface area contributed by atoms with Crippen molar-refractivity contribution in [1.29, 1.82) is 0 Å². The molecular weight excluding hydrogens is 392 g/mol. The van der Waals surface area contributed by atoms with Gasteiger partial charge in [-0.15, -0.1) is 0 Å². The number of phenolic OH excluding ortho intramolecular Hbond substituents is 1. The van der Waals surface area contributed by atoms with Crippen LogP contribution in [0.15, 0.2) is 54.6 Å². The molecule has 1 aromatic heterocycles. The summed E-state index contributed by atoms with van der Waals surface area (Å²) in [6.07, 6.45) is 0. The van der Waals surface area contributed by atoms with Crippen molar-refractivity contribution >= 4 is 28.6 Å². The number of hydrogen-bond acceptors (Lipinski definition) is 5. The Morgan fingerprint density at radius 1 is 1.14 bits per heavy atom. The van der Waals surface area contributed by atoms with E-state index in [2.05, 4.69) is 9.97 Å². The lowest BCUT2D eigenvalue weighted by Crippen LogP contribution is -2.04. The number of imidazole rings is 1. The fourth-order valence-corrected chi connectivity index (χ4v) is 3.33. The molecule has 0 amide bonds. The van der Waals surface area contributed by atoms with Gasteiger partial charge in [0.2, 0.25) is 0 Å². The van der Waals surface area contributed by atoms with E-state index in [0.717, 1.165) is 16.7 Å². The number of carbonyl (C=O) groups excluding carboxylic acids is 1. The van der Waals surface area contributed by atoms with Crippen LogP contribution < -0.4 is 4.74 Å². The molecule has 3 aromatic carbocycles. The number of H-pyrrole nitrogens is 1. The Balaban J connectivity index is 1.69. The van der Waals surface area contributed by atoms with Gasteiger partial charge in [-0.05, 0) is 54.4 Å². The summed E-state index contributed by atoms with van der Waals surface area (Å²) in [5.41, 5.74) is 4.10. The van der Waals surface area contributed by atoms with Gasteiger partial charge in [0, 0.05) is 5.56 Å². The van der Waals surface area contributed by atoms with Gasteiger partial charge in [0.1, 0.15) is 11.5 Å². The van der Waals surface area contributed by atoms with Crippen molar-refractivity contribution in [3.8, 4) is 28.6 Å². The van der Waals surface area contributed by atoms with Crippen molar-refractivity contribution in [3.63, 3.8) is 0 Å². The summed E-state index contributed by atoms with van der Waals surface area (Å²) in [7, 11) is 1.34. The van der Waals surface area contributed by atoms with Crippen molar-refractivity contribution in [1.82, 2.24) is 9.97 Å². The molecule has 0 saturated carbocycles. The number of aromatic hydroxyl groups is 1. The molecule has 0 aliphatic carbocycles. The number of carbonyl (C=O) groups is 1. The maximum Gasteiger partial charge on any atom is 0.338 e. The fourth-order valence-electron chi connectivity index (χ4n) is 3.06. The van der Waals surface area contributed by atoms with Crippen LogP contribution in [0.25, 0.3) is 22.2 Å². The molecule has 0 radical (unpaired) electrons. The van der Waals surface area contributed by atoms with Crippen molar-refractivity contribution in [2.24, 2.45) is 0 Å². The number of ether oxygens (including phenoxy) is 2. The number of aromatic nitrogens is 2. The molecule has 7 heteroatoms. The normalized spacial score (nSPS) is 10.9. The SMILES string of the molecule is COC(=O)c1cc(Oc2nc3cc(-c4cccc(O)c4)c(Cl)cc3[nH]2)ccc1C. The van der Waals surface area contributed by atoms with E-state index in [1.807, 2.05) is 19.1 Å². The highest BCUT2D eigenvalue weighted by Gasteiger charge is 2.14. The van der Waals surface area contributed by atoms with Crippen LogP contribution in [0, 0.1) is 6.92 Å². The lowest BCUT2D eigenvalue weighted by molar-refractivity contribution is 0.0599. The number of benzene rings is 3. The Bertz CT molecular complexity index is 1230. The van der Waals surface area contributed by atoms with Gasteiger partial charge in [-0.3, -0.25) is 0 Å². The Morgan fingerprint density at radius 3 is 2.72 bits per heavy atom. The first-order valence-corrected chi connectivity index (χ1v) is 9.18. The average Bonchev–Trinajstić information content (AvgIpc) is 3.09. The number of halogens is 1. The van der Waals surface area contributed by atoms with Crippen molar-refractivity contribution in [2.45, 2.75) is 6.92 Å². The number of rotatable bonds is 4. The van der Waals surface area contributed by atoms with Crippen LogP contribution in [0.3, 0.4) is 0 Å². The molecule has 0 aliphatic rings. The second-order valence-corrected chi connectivity index (χ2v) is 6.92. The molecule has 0 unspecified atom stereocenters. The minimum absolute atomic E-state index is 0.158. The zero-order valence-electron chi connectivity index (χ0n) is 15.7. The first-order chi connectivity index (χ1) is 13.9. The van der Waals surface area contributed by atoms with E-state index < -0.39 is 5.97 Å². The highest BCUT2D eigenvalue weighted by Crippen LogP contribution is 2.34. The number of nitrogens with zero attached hydrogens (tertiary/aromatic N) is 1. The van der Waals surface area contributed by atoms with E-state index in [-0.39, 0.29) is 11.8 Å². The van der Waals surface area contributed by atoms with Gasteiger partial charge >= 0.3 is 5.97 Å². The number of esters is 1. The molecule has 0 bridgehead atoms. The molecular formula is C22H17ClN2O4. The summed E-state index contributed by atoms with van der Waals surface area (Å²) in [5, 5.41) is 10.2. The van der Waals surface area contributed by atoms with Gasteiger partial charge in [-0.25, -0.2) is 4.79 Å². The van der Waals surface area contributed by atoms with Crippen LogP contribution in [-0.4, -0.2) is 28.2 Å². The van der Waals surface area contributed by atoms with Gasteiger partial charge < -0.3 is 19.6 Å². The molecule has 29 heavy (non-hydrogen) atoms. The standard InChI is InChI=1S/C22H17ClN2O4/c1-12-6-7-15(9-16(12)21(27)28-2)29-22-24-19-10-17(18(23)11-20(19)25-22)13-4-3-5-14(26)8-13/h3-11,26H,1-2H3,(H,24,25). The van der Waals surface area contributed by atoms with Crippen LogP contribution in [-0.2, 0) is 4.74 Å². The molecule has 1 heterocycles. The third-order valence-corrected chi connectivity index (χ3v) is 4.85. The average molecular weight is 409 g/mol. The molecule has 0 saturated heterocycles. The molecule has 146 valence electrons. The van der Waals surface area contributed by atoms with Gasteiger partial charge in [-0.2, -0.15) is 4.98 Å². The maximum absolute atomic E-state index is 11.9. The first kappa shape index (κ1) is 18.8. The Labute approximate surface area is 171 Å². The molecule has 0 spiro atoms. The number of phenols is 1. The first-order valence-electron chi connectivity index (χ1n) is 8.80. The highest BCUT2D eigenvalue weighted by molar-refractivity contribution is 6.34. The number of aromatic amines is 1. The van der Waals surface area contributed by atoms with E-state index in [1.165, 1.54) is 7.11 Å². The van der Waals surface area contributed by atoms with Crippen LogP contribution >= 0.6 is 11.6 Å². The van der Waals surface area contributed by atoms with Gasteiger partial charge in [0.05, 0.1) is 28.7 Å². The second-order valence-electron chi connectivity index (χ2n) is 6.51. The van der Waals surface area contributed by atoms with Crippen molar-refractivity contribution in [3.05, 3.63) is 70.7 Å². The summed E-state index contributed by atoms with van der Waals surface area (Å²) >= 11 is 6.43. The highest BCUT2D eigenvalue weighted by atomic mass is 35.5. The fraction of sp³-hybridized carbons (Fsp3) is 0.0909. The minimum Gasteiger partial charge on any atom is -0.508 e. The lowest BCUT2D eigenvalue weighted by atomic mass is 10.0. The Morgan fingerprint density at radius 2 is 1.97 bits per heavy atom. The molecule has 4 rings (SSSR count). The quantitative estimate of drug-likeness (QED) is 0.437. The largest absolute Gasteiger partial charge is 0.508 e. The Kier molecular flexibility index (Phi) is 4.86. The molecule has 0 atom stereocenters. The second kappa shape index (κ2) is 7.48. The van der Waals surface area contributed by atoms with Gasteiger partial charge in [-0.1, -0.05) is 29.8 Å². The zero-order chi connectivity index (χ0) is 20.5. The summed E-state index contributed by atoms with van der Waals surface area (Å²) in [6, 6.07) is 15.8. The maximum atomic E-state index is 11.9. The zero-order valence-corrected chi connectivity index (χ0v) is 16.4. The molecule has 6 nitrogen and oxygen atoms in total. The van der Waals surface area contributed by atoms with Gasteiger partial charge in [0.25, 0.3) is 6.01 Å². The summed E-state index contributed by atoms with van der Waals surface area (Å²) in [5.74, 6) is 0.181. The van der Waals surface area contributed by atoms with E-state index in [4.69, 9.17) is 21.1 Å². The molecule has 0 fully saturated rings. The lowest BCUT2D eigenvalue weighted by Gasteiger charge is -2.07. The number of methoxy groups -OCH3 is 1. The van der Waals surface area contributed by atoms with Crippen molar-refractivity contribution < 1.29 is 19.4 Å². The topological polar surface area (TPSA) is 84.4 Å².